The third-order valence-electron chi connectivity index (χ3n) is 1.57. The van der Waals surface area contributed by atoms with E-state index in [4.69, 9.17) is 5.26 Å². The van der Waals surface area contributed by atoms with Gasteiger partial charge >= 0.3 is 0 Å². The Morgan fingerprint density at radius 2 is 2.33 bits per heavy atom. The second-order valence-electron chi connectivity index (χ2n) is 3.42. The van der Waals surface area contributed by atoms with Gasteiger partial charge in [-0.2, -0.15) is 9.64 Å². The first-order chi connectivity index (χ1) is 7.11. The van der Waals surface area contributed by atoms with Crippen molar-refractivity contribution in [1.29, 1.82) is 5.26 Å². The summed E-state index contributed by atoms with van der Waals surface area (Å²) in [6, 6.07) is 2.43. The Bertz CT molecular complexity index is 342. The van der Waals surface area contributed by atoms with Gasteiger partial charge in [0, 0.05) is 11.8 Å². The van der Waals surface area contributed by atoms with E-state index in [-0.39, 0.29) is 6.04 Å². The van der Waals surface area contributed by atoms with Crippen LogP contribution in [0.5, 0.6) is 0 Å². The fourth-order valence-corrected chi connectivity index (χ4v) is 2.64. The van der Waals surface area contributed by atoms with E-state index in [1.54, 1.807) is 11.8 Å². The zero-order chi connectivity index (χ0) is 11.3. The van der Waals surface area contributed by atoms with Crippen LogP contribution in [0, 0.1) is 18.3 Å². The highest BCUT2D eigenvalue weighted by atomic mass is 32.2. The number of rotatable bonds is 5. The smallest absolute Gasteiger partial charge is 0.170 e. The molecule has 1 heterocycles. The minimum absolute atomic E-state index is 0.126. The Kier molecular flexibility index (Phi) is 5.02. The number of thioether (sulfide) groups is 1. The largest absolute Gasteiger partial charge is 0.299 e. The molecule has 1 rings (SSSR count). The summed E-state index contributed by atoms with van der Waals surface area (Å²) in [4.78, 5) is 4.23. The van der Waals surface area contributed by atoms with Gasteiger partial charge < -0.3 is 0 Å². The molecule has 0 spiro atoms. The first kappa shape index (κ1) is 12.4. The molecule has 0 aliphatic heterocycles. The van der Waals surface area contributed by atoms with E-state index in [0.717, 1.165) is 10.2 Å². The van der Waals surface area contributed by atoms with Gasteiger partial charge in [0.25, 0.3) is 0 Å². The van der Waals surface area contributed by atoms with Crippen molar-refractivity contribution in [2.24, 2.45) is 0 Å². The summed E-state index contributed by atoms with van der Waals surface area (Å²) >= 11 is 2.96. The third kappa shape index (κ3) is 4.60. The van der Waals surface area contributed by atoms with E-state index in [9.17, 15) is 0 Å². The number of nitriles is 1. The van der Waals surface area contributed by atoms with Gasteiger partial charge in [0.1, 0.15) is 11.9 Å². The Balaban J connectivity index is 2.38. The summed E-state index contributed by atoms with van der Waals surface area (Å²) in [6.45, 7) is 5.93. The molecule has 0 aliphatic rings. The van der Waals surface area contributed by atoms with Gasteiger partial charge in [0.2, 0.25) is 0 Å². The van der Waals surface area contributed by atoms with Crippen molar-refractivity contribution in [3.05, 3.63) is 5.82 Å². The first-order valence-electron chi connectivity index (χ1n) is 4.70. The molecule has 0 aliphatic carbocycles. The first-order valence-corrected chi connectivity index (χ1v) is 6.46. The molecule has 1 N–H and O–H groups in total. The van der Waals surface area contributed by atoms with Gasteiger partial charge in [0.15, 0.2) is 4.34 Å². The molecule has 4 nitrogen and oxygen atoms in total. The van der Waals surface area contributed by atoms with Crippen molar-refractivity contribution < 1.29 is 0 Å². The molecule has 0 aromatic carbocycles. The maximum atomic E-state index is 8.90. The summed E-state index contributed by atoms with van der Waals surface area (Å²) in [5.41, 5.74) is 0. The lowest BCUT2D eigenvalue weighted by Crippen LogP contribution is -2.35. The standard InChI is InChI=1S/C9H14N4S2/c1-6(2)11-8(4-10)5-14-9-12-7(3)13-15-9/h6,8,11H,5H2,1-3H3. The van der Waals surface area contributed by atoms with Crippen molar-refractivity contribution in [2.45, 2.75) is 37.2 Å². The number of aryl methyl sites for hydroxylation is 1. The van der Waals surface area contributed by atoms with Crippen molar-refractivity contribution in [2.75, 3.05) is 5.75 Å². The maximum Gasteiger partial charge on any atom is 0.170 e. The fraction of sp³-hybridized carbons (Fsp3) is 0.667. The quantitative estimate of drug-likeness (QED) is 0.798. The predicted octanol–water partition coefficient (Wildman–Crippen LogP) is 1.83. The molecule has 1 unspecified atom stereocenters. The van der Waals surface area contributed by atoms with Crippen LogP contribution in [-0.2, 0) is 0 Å². The number of nitrogens with one attached hydrogen (secondary N) is 1. The normalized spacial score (nSPS) is 12.7. The zero-order valence-corrected chi connectivity index (χ0v) is 10.7. The fourth-order valence-electron chi connectivity index (χ4n) is 1.02. The van der Waals surface area contributed by atoms with Crippen LogP contribution in [-0.4, -0.2) is 27.2 Å². The van der Waals surface area contributed by atoms with Gasteiger partial charge in [0.05, 0.1) is 6.07 Å². The van der Waals surface area contributed by atoms with Crippen LogP contribution < -0.4 is 5.32 Å². The van der Waals surface area contributed by atoms with E-state index in [1.165, 1.54) is 11.5 Å². The topological polar surface area (TPSA) is 61.6 Å². The maximum absolute atomic E-state index is 8.90. The second kappa shape index (κ2) is 6.05. The lowest BCUT2D eigenvalue weighted by molar-refractivity contribution is 0.560. The van der Waals surface area contributed by atoms with Crippen molar-refractivity contribution in [3.63, 3.8) is 0 Å². The van der Waals surface area contributed by atoms with Crippen molar-refractivity contribution in [3.8, 4) is 6.07 Å². The molecular weight excluding hydrogens is 228 g/mol. The molecule has 1 atom stereocenters. The number of aromatic nitrogens is 2. The summed E-state index contributed by atoms with van der Waals surface area (Å²) in [5, 5.41) is 12.1. The van der Waals surface area contributed by atoms with Crippen LogP contribution in [0.15, 0.2) is 4.34 Å². The lowest BCUT2D eigenvalue weighted by atomic mass is 10.3. The molecule has 1 aromatic rings. The highest BCUT2D eigenvalue weighted by molar-refractivity contribution is 8.00. The molecule has 6 heteroatoms. The van der Waals surface area contributed by atoms with E-state index in [2.05, 4.69) is 20.7 Å². The molecule has 0 amide bonds. The SMILES string of the molecule is Cc1nsc(SCC(C#N)NC(C)C)n1. The number of hydrogen-bond acceptors (Lipinski definition) is 6. The Morgan fingerprint density at radius 3 is 2.80 bits per heavy atom. The van der Waals surface area contributed by atoms with Crippen LogP contribution in [0.25, 0.3) is 0 Å². The van der Waals surface area contributed by atoms with Crippen LogP contribution in [0.1, 0.15) is 19.7 Å². The van der Waals surface area contributed by atoms with Crippen molar-refractivity contribution >= 4 is 23.3 Å². The number of hydrogen-bond donors (Lipinski definition) is 1. The Hall–Kier alpha value is -0.640. The molecular formula is C9H14N4S2. The molecule has 1 aromatic heterocycles. The molecule has 0 saturated heterocycles. The highest BCUT2D eigenvalue weighted by Gasteiger charge is 2.10. The lowest BCUT2D eigenvalue weighted by Gasteiger charge is -2.12. The number of nitrogens with zero attached hydrogens (tertiary/aromatic N) is 3. The summed E-state index contributed by atoms with van der Waals surface area (Å²) in [7, 11) is 0. The van der Waals surface area contributed by atoms with E-state index >= 15 is 0 Å². The van der Waals surface area contributed by atoms with Gasteiger partial charge in [-0.3, -0.25) is 5.32 Å². The van der Waals surface area contributed by atoms with Gasteiger partial charge in [-0.15, -0.1) is 0 Å². The van der Waals surface area contributed by atoms with E-state index in [1.807, 2.05) is 20.8 Å². The average molecular weight is 242 g/mol. The van der Waals surface area contributed by atoms with Crippen molar-refractivity contribution in [1.82, 2.24) is 14.7 Å². The van der Waals surface area contributed by atoms with Gasteiger partial charge in [-0.05, 0) is 32.3 Å². The van der Waals surface area contributed by atoms with E-state index in [0.29, 0.717) is 11.8 Å². The molecule has 0 radical (unpaired) electrons. The summed E-state index contributed by atoms with van der Waals surface area (Å²) < 4.78 is 5.02. The average Bonchev–Trinajstić information content (AvgIpc) is 2.58. The Morgan fingerprint density at radius 1 is 1.60 bits per heavy atom. The molecule has 0 saturated carbocycles. The van der Waals surface area contributed by atoms with Crippen LogP contribution in [0.4, 0.5) is 0 Å². The predicted molar refractivity (Wildman–Crippen MR) is 63.0 cm³/mol. The van der Waals surface area contributed by atoms with Gasteiger partial charge in [-0.1, -0.05) is 11.8 Å². The Labute approximate surface area is 98.3 Å². The second-order valence-corrected chi connectivity index (χ2v) is 5.44. The third-order valence-corrected chi connectivity index (χ3v) is 3.59. The minimum Gasteiger partial charge on any atom is -0.299 e. The summed E-state index contributed by atoms with van der Waals surface area (Å²) in [5.74, 6) is 1.51. The molecule has 15 heavy (non-hydrogen) atoms. The van der Waals surface area contributed by atoms with Gasteiger partial charge in [-0.25, -0.2) is 4.98 Å². The van der Waals surface area contributed by atoms with E-state index < -0.39 is 0 Å². The zero-order valence-electron chi connectivity index (χ0n) is 9.02. The van der Waals surface area contributed by atoms with Crippen LogP contribution in [0.2, 0.25) is 0 Å². The summed E-state index contributed by atoms with van der Waals surface area (Å²) in [6.07, 6.45) is 0. The minimum atomic E-state index is -0.126. The molecule has 0 fully saturated rings. The molecule has 82 valence electrons. The highest BCUT2D eigenvalue weighted by Crippen LogP contribution is 2.20. The monoisotopic (exact) mass is 242 g/mol. The van der Waals surface area contributed by atoms with Crippen LogP contribution in [0.3, 0.4) is 0 Å². The molecule has 0 bridgehead atoms. The van der Waals surface area contributed by atoms with Crippen LogP contribution >= 0.6 is 23.3 Å².